The Balaban J connectivity index is 1.29. The minimum absolute atomic E-state index is 0.00303. The number of pyridine rings is 1. The van der Waals surface area contributed by atoms with Gasteiger partial charge in [0.2, 0.25) is 0 Å². The standard InChI is InChI=1S/C37H39FN6O5/c1-6-48-17-27-26(8-7-9-30(27)44-35(47)32-24(16-41-44)13-25(14-28(32)38)36(3,4)5)22(2)12-29(33(39)45)42-31-11-10-23(15-40-31)34(46)43-18-37(19-43)20-49-21-37/h7-16H,2,6,17-21H2,1,3-5H3,(H2,39,45)(H,40,42)/b29-12+. The number of hydrogen-bond acceptors (Lipinski definition) is 8. The molecule has 0 atom stereocenters. The Morgan fingerprint density at radius 1 is 1.16 bits per heavy atom. The predicted molar refractivity (Wildman–Crippen MR) is 185 cm³/mol. The van der Waals surface area contributed by atoms with Crippen LogP contribution in [0.5, 0.6) is 0 Å². The summed E-state index contributed by atoms with van der Waals surface area (Å²) in [5.74, 6) is -1.21. The molecule has 4 aromatic rings. The van der Waals surface area contributed by atoms with Crippen molar-refractivity contribution in [2.24, 2.45) is 11.1 Å². The lowest BCUT2D eigenvalue weighted by molar-refractivity contribution is -0.176. The van der Waals surface area contributed by atoms with Crippen LogP contribution in [0.15, 0.2) is 78.0 Å². The van der Waals surface area contributed by atoms with E-state index in [0.29, 0.717) is 72.1 Å². The lowest BCUT2D eigenvalue weighted by Gasteiger charge is -2.54. The molecule has 6 rings (SSSR count). The fourth-order valence-corrected chi connectivity index (χ4v) is 6.08. The largest absolute Gasteiger partial charge is 0.380 e. The van der Waals surface area contributed by atoms with Crippen molar-refractivity contribution in [1.29, 1.82) is 0 Å². The number of nitrogens with two attached hydrogens (primary N) is 1. The third kappa shape index (κ3) is 6.61. The van der Waals surface area contributed by atoms with Crippen LogP contribution >= 0.6 is 0 Å². The highest BCUT2D eigenvalue weighted by Gasteiger charge is 2.50. The average Bonchev–Trinajstić information content (AvgIpc) is 3.01. The SMILES string of the molecule is C=C(/C=C(/Nc1ccc(C(=O)N2CC3(COC3)C2)cn1)C(N)=O)c1cccc(-n2ncc3cc(C(C)(C)C)cc(F)c3c2=O)c1COCC. The minimum Gasteiger partial charge on any atom is -0.380 e. The molecule has 0 radical (unpaired) electrons. The van der Waals surface area contributed by atoms with Gasteiger partial charge < -0.3 is 25.4 Å². The van der Waals surface area contributed by atoms with E-state index in [2.05, 4.69) is 22.0 Å². The maximum Gasteiger partial charge on any atom is 0.282 e. The summed E-state index contributed by atoms with van der Waals surface area (Å²) in [7, 11) is 0. The molecule has 2 aliphatic rings. The molecule has 2 saturated heterocycles. The van der Waals surface area contributed by atoms with Gasteiger partial charge in [0.25, 0.3) is 17.4 Å². The number of benzene rings is 2. The van der Waals surface area contributed by atoms with Gasteiger partial charge in [-0.25, -0.2) is 9.37 Å². The summed E-state index contributed by atoms with van der Waals surface area (Å²) in [4.78, 5) is 45.2. The van der Waals surface area contributed by atoms with Crippen molar-refractivity contribution in [3.63, 3.8) is 0 Å². The van der Waals surface area contributed by atoms with Crippen LogP contribution in [-0.4, -0.2) is 64.4 Å². The fourth-order valence-electron chi connectivity index (χ4n) is 6.08. The van der Waals surface area contributed by atoms with Crippen LogP contribution in [0, 0.1) is 11.2 Å². The zero-order chi connectivity index (χ0) is 35.1. The Morgan fingerprint density at radius 2 is 1.92 bits per heavy atom. The van der Waals surface area contributed by atoms with E-state index in [9.17, 15) is 14.4 Å². The Labute approximate surface area is 283 Å². The molecule has 11 nitrogen and oxygen atoms in total. The van der Waals surface area contributed by atoms with Crippen molar-refractivity contribution >= 4 is 34.0 Å². The van der Waals surface area contributed by atoms with E-state index in [1.54, 1.807) is 41.3 Å². The molecule has 0 unspecified atom stereocenters. The summed E-state index contributed by atoms with van der Waals surface area (Å²) in [5.41, 5.74) is 7.94. The van der Waals surface area contributed by atoms with Gasteiger partial charge in [0.15, 0.2) is 0 Å². The summed E-state index contributed by atoms with van der Waals surface area (Å²) in [6.45, 7) is 15.1. The molecule has 4 heterocycles. The van der Waals surface area contributed by atoms with Gasteiger partial charge in [-0.15, -0.1) is 0 Å². The van der Waals surface area contributed by atoms with Gasteiger partial charge in [0, 0.05) is 36.8 Å². The molecular formula is C37H39FN6O5. The lowest BCUT2D eigenvalue weighted by Crippen LogP contribution is -2.67. The fraction of sp³-hybridized carbons (Fsp3) is 0.324. The van der Waals surface area contributed by atoms with Gasteiger partial charge in [0.05, 0.1) is 48.1 Å². The maximum absolute atomic E-state index is 15.4. The molecule has 1 spiro atoms. The first-order valence-corrected chi connectivity index (χ1v) is 16.0. The van der Waals surface area contributed by atoms with E-state index < -0.39 is 17.3 Å². The van der Waals surface area contributed by atoms with Crippen molar-refractivity contribution in [1.82, 2.24) is 19.7 Å². The number of nitrogens with one attached hydrogen (secondary N) is 1. The Bertz CT molecular complexity index is 2050. The van der Waals surface area contributed by atoms with Crippen LogP contribution in [0.4, 0.5) is 10.2 Å². The molecule has 2 aromatic carbocycles. The second-order valence-electron chi connectivity index (χ2n) is 13.6. The van der Waals surface area contributed by atoms with Crippen LogP contribution in [0.2, 0.25) is 0 Å². The number of rotatable bonds is 10. The number of nitrogens with zero attached hydrogens (tertiary/aromatic N) is 4. The molecule has 0 aliphatic carbocycles. The highest BCUT2D eigenvalue weighted by molar-refractivity contribution is 5.98. The van der Waals surface area contributed by atoms with E-state index in [1.165, 1.54) is 24.5 Å². The lowest BCUT2D eigenvalue weighted by atomic mass is 9.78. The van der Waals surface area contributed by atoms with Crippen LogP contribution in [0.25, 0.3) is 22.0 Å². The minimum atomic E-state index is -0.767. The third-order valence-corrected chi connectivity index (χ3v) is 8.89. The Hall–Kier alpha value is -5.20. The van der Waals surface area contributed by atoms with Gasteiger partial charge >= 0.3 is 0 Å². The van der Waals surface area contributed by atoms with E-state index in [4.69, 9.17) is 15.2 Å². The summed E-state index contributed by atoms with van der Waals surface area (Å²) >= 11 is 0. The summed E-state index contributed by atoms with van der Waals surface area (Å²) in [6, 6.07) is 11.6. The molecule has 0 bridgehead atoms. The van der Waals surface area contributed by atoms with Crippen molar-refractivity contribution in [2.45, 2.75) is 39.7 Å². The number of primary amides is 1. The number of aromatic nitrogens is 3. The van der Waals surface area contributed by atoms with E-state index in [-0.39, 0.29) is 34.4 Å². The normalized spacial score (nSPS) is 15.5. The molecule has 2 fully saturated rings. The Kier molecular flexibility index (Phi) is 8.95. The smallest absolute Gasteiger partial charge is 0.282 e. The Morgan fingerprint density at radius 3 is 2.53 bits per heavy atom. The van der Waals surface area contributed by atoms with Gasteiger partial charge in [-0.1, -0.05) is 39.5 Å². The number of amides is 2. The van der Waals surface area contributed by atoms with E-state index in [0.717, 1.165) is 10.2 Å². The van der Waals surface area contributed by atoms with Gasteiger partial charge in [-0.2, -0.15) is 9.78 Å². The molecule has 254 valence electrons. The summed E-state index contributed by atoms with van der Waals surface area (Å²) in [5, 5.41) is 7.68. The molecule has 0 saturated carbocycles. The third-order valence-electron chi connectivity index (χ3n) is 8.89. The average molecular weight is 667 g/mol. The number of anilines is 1. The van der Waals surface area contributed by atoms with Crippen molar-refractivity contribution in [3.8, 4) is 5.69 Å². The zero-order valence-electron chi connectivity index (χ0n) is 28.0. The second-order valence-corrected chi connectivity index (χ2v) is 13.6. The van der Waals surface area contributed by atoms with E-state index >= 15 is 4.39 Å². The highest BCUT2D eigenvalue weighted by atomic mass is 19.1. The second kappa shape index (κ2) is 13.0. The van der Waals surface area contributed by atoms with Crippen LogP contribution in [0.1, 0.15) is 54.7 Å². The van der Waals surface area contributed by atoms with Crippen LogP contribution in [-0.2, 0) is 26.3 Å². The first-order valence-electron chi connectivity index (χ1n) is 16.0. The van der Waals surface area contributed by atoms with E-state index in [1.807, 2.05) is 27.7 Å². The number of likely N-dealkylation sites (tertiary alicyclic amines) is 1. The number of carbonyl (C=O) groups is 2. The van der Waals surface area contributed by atoms with Gasteiger partial charge in [-0.3, -0.25) is 14.4 Å². The van der Waals surface area contributed by atoms with Crippen LogP contribution in [0.3, 0.4) is 0 Å². The first-order chi connectivity index (χ1) is 23.3. The van der Waals surface area contributed by atoms with Crippen molar-refractivity contribution in [2.75, 3.05) is 38.2 Å². The number of halogens is 1. The molecule has 2 amide bonds. The number of carbonyl (C=O) groups excluding carboxylic acids is 2. The molecular weight excluding hydrogens is 627 g/mol. The summed E-state index contributed by atoms with van der Waals surface area (Å²) < 4.78 is 27.6. The van der Waals surface area contributed by atoms with Crippen LogP contribution < -0.4 is 16.6 Å². The monoisotopic (exact) mass is 666 g/mol. The molecule has 12 heteroatoms. The molecule has 49 heavy (non-hydrogen) atoms. The molecule has 3 N–H and O–H groups in total. The number of allylic oxidation sites excluding steroid dienone is 2. The summed E-state index contributed by atoms with van der Waals surface area (Å²) in [6.07, 6.45) is 4.40. The molecule has 2 aliphatic heterocycles. The first kappa shape index (κ1) is 33.7. The van der Waals surface area contributed by atoms with Gasteiger partial charge in [-0.05, 0) is 65.4 Å². The molecule has 2 aromatic heterocycles. The predicted octanol–water partition coefficient (Wildman–Crippen LogP) is 4.72. The quantitative estimate of drug-likeness (QED) is 0.183. The number of ether oxygens (including phenoxy) is 2. The van der Waals surface area contributed by atoms with Gasteiger partial charge in [0.1, 0.15) is 17.3 Å². The maximum atomic E-state index is 15.4. The number of hydrogen-bond donors (Lipinski definition) is 2. The number of fused-ring (bicyclic) bond motifs is 1. The zero-order valence-corrected chi connectivity index (χ0v) is 28.0. The van der Waals surface area contributed by atoms with Crippen molar-refractivity contribution < 1.29 is 23.5 Å². The topological polar surface area (TPSA) is 142 Å². The van der Waals surface area contributed by atoms with Crippen molar-refractivity contribution in [3.05, 3.63) is 112 Å². The highest BCUT2D eigenvalue weighted by Crippen LogP contribution is 2.38.